The van der Waals surface area contributed by atoms with Crippen molar-refractivity contribution in [3.8, 4) is 11.1 Å². The van der Waals surface area contributed by atoms with E-state index < -0.39 is 0 Å². The molecule has 1 saturated carbocycles. The molecule has 206 valence electrons. The van der Waals surface area contributed by atoms with Crippen LogP contribution in [-0.2, 0) is 16.0 Å². The quantitative estimate of drug-likeness (QED) is 0.214. The number of carbonyl (C=O) groups is 2. The molecule has 0 aliphatic heterocycles. The van der Waals surface area contributed by atoms with Crippen LogP contribution in [0, 0.1) is 5.92 Å². The minimum absolute atomic E-state index is 0.0220. The topological polar surface area (TPSA) is 114 Å². The van der Waals surface area contributed by atoms with E-state index in [9.17, 15) is 14.4 Å². The summed E-state index contributed by atoms with van der Waals surface area (Å²) in [5.41, 5.74) is 8.37. The van der Waals surface area contributed by atoms with E-state index in [4.69, 9.17) is 22.1 Å². The number of esters is 1. The van der Waals surface area contributed by atoms with Gasteiger partial charge in [-0.3, -0.25) is 14.4 Å². The molecule has 1 fully saturated rings. The molecular formula is C31H36ClN3O4. The summed E-state index contributed by atoms with van der Waals surface area (Å²) < 4.78 is 5.75. The summed E-state index contributed by atoms with van der Waals surface area (Å²) in [5, 5.41) is 3.91. The Kier molecular flexibility index (Phi) is 9.59. The summed E-state index contributed by atoms with van der Waals surface area (Å²) in [4.78, 5) is 41.1. The van der Waals surface area contributed by atoms with Gasteiger partial charge in [-0.1, -0.05) is 49.7 Å². The first kappa shape index (κ1) is 28.6. The van der Waals surface area contributed by atoms with Gasteiger partial charge >= 0.3 is 5.97 Å². The van der Waals surface area contributed by atoms with Crippen molar-refractivity contribution >= 4 is 29.2 Å². The zero-order valence-electron chi connectivity index (χ0n) is 22.5. The van der Waals surface area contributed by atoms with Crippen molar-refractivity contribution in [3.63, 3.8) is 0 Å². The molecule has 3 aromatic rings. The lowest BCUT2D eigenvalue weighted by molar-refractivity contribution is -0.151. The lowest BCUT2D eigenvalue weighted by atomic mass is 9.98. The summed E-state index contributed by atoms with van der Waals surface area (Å²) in [5.74, 6) is -0.0644. The number of pyridine rings is 1. The number of nitrogens with one attached hydrogen (secondary N) is 2. The minimum atomic E-state index is -0.369. The van der Waals surface area contributed by atoms with Crippen LogP contribution in [0.15, 0.2) is 59.4 Å². The predicted molar refractivity (Wildman–Crippen MR) is 155 cm³/mol. The van der Waals surface area contributed by atoms with Gasteiger partial charge in [0.2, 0.25) is 0 Å². The smallest absolute Gasteiger partial charge is 0.323 e. The zero-order valence-corrected chi connectivity index (χ0v) is 23.2. The fourth-order valence-corrected chi connectivity index (χ4v) is 5.06. The maximum atomic E-state index is 13.0. The van der Waals surface area contributed by atoms with Gasteiger partial charge in [-0.05, 0) is 92.4 Å². The summed E-state index contributed by atoms with van der Waals surface area (Å²) in [7, 11) is 0. The maximum absolute atomic E-state index is 13.0. The number of ketones is 1. The molecule has 1 heterocycles. The number of carbonyl (C=O) groups excluding carboxylic acids is 2. The zero-order chi connectivity index (χ0) is 27.9. The van der Waals surface area contributed by atoms with E-state index in [-0.39, 0.29) is 40.8 Å². The normalized spacial score (nSPS) is 14.5. The van der Waals surface area contributed by atoms with Crippen LogP contribution in [-0.4, -0.2) is 35.4 Å². The first-order valence-corrected chi connectivity index (χ1v) is 14.0. The van der Waals surface area contributed by atoms with Crippen molar-refractivity contribution < 1.29 is 14.3 Å². The number of benzene rings is 2. The van der Waals surface area contributed by atoms with Gasteiger partial charge in [-0.2, -0.15) is 0 Å². The highest BCUT2D eigenvalue weighted by Gasteiger charge is 2.26. The largest absolute Gasteiger partial charge is 0.461 e. The molecule has 0 unspecified atom stereocenters. The highest BCUT2D eigenvalue weighted by molar-refractivity contribution is 6.30. The number of aromatic nitrogens is 1. The van der Waals surface area contributed by atoms with Gasteiger partial charge in [0.15, 0.2) is 5.78 Å². The predicted octanol–water partition coefficient (Wildman–Crippen LogP) is 5.54. The van der Waals surface area contributed by atoms with Crippen LogP contribution in [0.25, 0.3) is 11.1 Å². The highest BCUT2D eigenvalue weighted by atomic mass is 35.5. The van der Waals surface area contributed by atoms with Gasteiger partial charge in [0.05, 0.1) is 5.56 Å². The molecule has 1 aromatic heterocycles. The number of nitrogen functional groups attached to an aromatic ring is 1. The number of aromatic amines is 1. The van der Waals surface area contributed by atoms with Crippen LogP contribution in [0.5, 0.6) is 0 Å². The number of anilines is 1. The van der Waals surface area contributed by atoms with E-state index in [0.717, 1.165) is 37.7 Å². The average Bonchev–Trinajstić information content (AvgIpc) is 3.41. The number of ether oxygens (including phenoxy) is 1. The monoisotopic (exact) mass is 549 g/mol. The number of rotatable bonds is 11. The van der Waals surface area contributed by atoms with E-state index in [1.165, 1.54) is 6.07 Å². The lowest BCUT2D eigenvalue weighted by Gasteiger charge is -2.21. The van der Waals surface area contributed by atoms with E-state index in [2.05, 4.69) is 24.1 Å². The Bertz CT molecular complexity index is 1340. The second-order valence-electron chi connectivity index (χ2n) is 10.6. The third-order valence-corrected chi connectivity index (χ3v) is 7.32. The Labute approximate surface area is 234 Å². The third-order valence-electron chi connectivity index (χ3n) is 7.07. The van der Waals surface area contributed by atoms with Crippen LogP contribution in [0.1, 0.15) is 67.4 Å². The number of nitrogens with two attached hydrogens (primary N) is 1. The molecule has 39 heavy (non-hydrogen) atoms. The highest BCUT2D eigenvalue weighted by Crippen LogP contribution is 2.24. The molecule has 2 aromatic carbocycles. The van der Waals surface area contributed by atoms with Gasteiger partial charge in [-0.15, -0.1) is 0 Å². The molecule has 4 rings (SSSR count). The van der Waals surface area contributed by atoms with Crippen LogP contribution in [0.4, 0.5) is 5.82 Å². The summed E-state index contributed by atoms with van der Waals surface area (Å²) >= 11 is 5.94. The Morgan fingerprint density at radius 1 is 1.08 bits per heavy atom. The lowest BCUT2D eigenvalue weighted by Crippen LogP contribution is -2.41. The second-order valence-corrected chi connectivity index (χ2v) is 11.0. The molecule has 8 heteroatoms. The Morgan fingerprint density at radius 2 is 1.74 bits per heavy atom. The van der Waals surface area contributed by atoms with Gasteiger partial charge in [0.1, 0.15) is 18.0 Å². The van der Waals surface area contributed by atoms with Crippen molar-refractivity contribution in [1.29, 1.82) is 0 Å². The summed E-state index contributed by atoms with van der Waals surface area (Å²) in [6.07, 6.45) is 5.66. The fraction of sp³-hybridized carbons (Fsp3) is 0.387. The molecule has 0 spiro atoms. The van der Waals surface area contributed by atoms with Crippen LogP contribution >= 0.6 is 11.6 Å². The van der Waals surface area contributed by atoms with Crippen molar-refractivity contribution in [1.82, 2.24) is 10.3 Å². The van der Waals surface area contributed by atoms with E-state index in [0.29, 0.717) is 40.6 Å². The van der Waals surface area contributed by atoms with Gasteiger partial charge in [0.25, 0.3) is 5.56 Å². The van der Waals surface area contributed by atoms with Crippen LogP contribution in [0.2, 0.25) is 5.02 Å². The van der Waals surface area contributed by atoms with Crippen LogP contribution in [0.3, 0.4) is 0 Å². The van der Waals surface area contributed by atoms with Crippen molar-refractivity contribution in [2.45, 2.75) is 64.5 Å². The molecule has 0 radical (unpaired) electrons. The fourth-order valence-electron chi connectivity index (χ4n) is 4.93. The van der Waals surface area contributed by atoms with Crippen LogP contribution < -0.4 is 16.6 Å². The number of halogens is 1. The maximum Gasteiger partial charge on any atom is 0.323 e. The van der Waals surface area contributed by atoms with Gasteiger partial charge in [-0.25, -0.2) is 0 Å². The number of hydrogen-bond donors (Lipinski definition) is 3. The third kappa shape index (κ3) is 7.58. The molecule has 0 bridgehead atoms. The Balaban J connectivity index is 1.42. The first-order chi connectivity index (χ1) is 18.7. The molecule has 1 atom stereocenters. The second kappa shape index (κ2) is 13.1. The van der Waals surface area contributed by atoms with E-state index in [1.54, 1.807) is 24.3 Å². The molecule has 1 aliphatic rings. The van der Waals surface area contributed by atoms with Crippen molar-refractivity contribution in [2.24, 2.45) is 5.92 Å². The van der Waals surface area contributed by atoms with Gasteiger partial charge in [0, 0.05) is 16.1 Å². The van der Waals surface area contributed by atoms with Crippen molar-refractivity contribution in [3.05, 3.63) is 86.7 Å². The summed E-state index contributed by atoms with van der Waals surface area (Å²) in [6.45, 7) is 4.83. The number of hydrogen-bond acceptors (Lipinski definition) is 6. The number of H-pyrrole nitrogens is 1. The molecule has 7 nitrogen and oxygen atoms in total. The minimum Gasteiger partial charge on any atom is -0.461 e. The molecule has 0 saturated heterocycles. The molecule has 4 N–H and O–H groups in total. The van der Waals surface area contributed by atoms with E-state index in [1.807, 2.05) is 24.3 Å². The Hall–Kier alpha value is -3.42. The van der Waals surface area contributed by atoms with E-state index >= 15 is 0 Å². The standard InChI is InChI=1S/C31H36ClN3O4/c1-19(2)17-27(31(38)39-24-5-3-4-6-24)34-16-15-20-7-9-21(10-8-20)25-18-26(29(33)35-30(25)37)28(36)22-11-13-23(32)14-12-22/h7-14,18-19,24,27,34H,3-6,15-17H2,1-2H3,(H3,33,35,37)/t27-/m0/s1. The molecule has 0 amide bonds. The first-order valence-electron chi connectivity index (χ1n) is 13.6. The molecule has 1 aliphatic carbocycles. The molecular weight excluding hydrogens is 514 g/mol. The SMILES string of the molecule is CC(C)C[C@H](NCCc1ccc(-c2cc(C(=O)c3ccc(Cl)cc3)c(N)[nH]c2=O)cc1)C(=O)OC1CCCC1. The summed E-state index contributed by atoms with van der Waals surface area (Å²) in [6, 6.07) is 15.3. The van der Waals surface area contributed by atoms with Crippen molar-refractivity contribution in [2.75, 3.05) is 12.3 Å². The Morgan fingerprint density at radius 3 is 2.38 bits per heavy atom. The average molecular weight is 550 g/mol. The van der Waals surface area contributed by atoms with Gasteiger partial charge < -0.3 is 20.8 Å².